The zero-order chi connectivity index (χ0) is 34.1. The van der Waals surface area contributed by atoms with Crippen LogP contribution in [0.15, 0.2) is 187 Å². The van der Waals surface area contributed by atoms with Gasteiger partial charge in [0.05, 0.1) is 5.69 Å². The number of carbonyl (C=O) groups excluding carboxylic acids is 1. The van der Waals surface area contributed by atoms with E-state index < -0.39 is 5.97 Å². The standard InChI is InChI=1S/C45H37N3O2/c1-34(49)50-46-45(37-19-10-4-11-20-37)38-25-27-41(28-26-38)48(40-22-12-5-13-23-40)44-24-14-21-39-31-42(29-30-43(39)44)47(32-35-15-6-2-7-16-35)33-36-17-8-3-9-18-36/h2-31H,32-33H2,1H3/b46-45-. The zero-order valence-corrected chi connectivity index (χ0v) is 27.9. The Morgan fingerprint density at radius 2 is 1.06 bits per heavy atom. The molecular weight excluding hydrogens is 615 g/mol. The molecule has 0 fully saturated rings. The van der Waals surface area contributed by atoms with E-state index in [-0.39, 0.29) is 0 Å². The Balaban J connectivity index is 1.28. The first-order valence-electron chi connectivity index (χ1n) is 16.7. The second kappa shape index (κ2) is 15.2. The number of hydrogen-bond donors (Lipinski definition) is 0. The minimum atomic E-state index is -0.465. The van der Waals surface area contributed by atoms with Gasteiger partial charge in [-0.15, -0.1) is 0 Å². The summed E-state index contributed by atoms with van der Waals surface area (Å²) in [5, 5.41) is 6.52. The van der Waals surface area contributed by atoms with Crippen LogP contribution in [0.4, 0.5) is 22.7 Å². The van der Waals surface area contributed by atoms with E-state index in [1.807, 2.05) is 48.5 Å². The van der Waals surface area contributed by atoms with Crippen molar-refractivity contribution in [3.05, 3.63) is 204 Å². The van der Waals surface area contributed by atoms with Crippen LogP contribution in [0, 0.1) is 0 Å². The monoisotopic (exact) mass is 651 g/mol. The Bertz CT molecular complexity index is 2160. The summed E-state index contributed by atoms with van der Waals surface area (Å²) in [4.78, 5) is 21.5. The normalized spacial score (nSPS) is 11.3. The van der Waals surface area contributed by atoms with E-state index in [0.29, 0.717) is 5.71 Å². The van der Waals surface area contributed by atoms with E-state index in [9.17, 15) is 4.79 Å². The SMILES string of the molecule is CC(=O)O/N=C(/c1ccccc1)c1ccc(N(c2ccccc2)c2cccc3cc(N(Cc4ccccc4)Cc4ccccc4)ccc23)cc1. The van der Waals surface area contributed by atoms with E-state index in [0.717, 1.165) is 52.1 Å². The van der Waals surface area contributed by atoms with Crippen LogP contribution in [0.25, 0.3) is 10.8 Å². The highest BCUT2D eigenvalue weighted by molar-refractivity contribution is 6.13. The quantitative estimate of drug-likeness (QED) is 0.0793. The fraction of sp³-hybridized carbons (Fsp3) is 0.0667. The van der Waals surface area contributed by atoms with E-state index in [1.165, 1.54) is 23.7 Å². The maximum absolute atomic E-state index is 11.7. The van der Waals surface area contributed by atoms with Gasteiger partial charge in [0.1, 0.15) is 5.71 Å². The molecule has 0 N–H and O–H groups in total. The molecule has 0 unspecified atom stereocenters. The first-order chi connectivity index (χ1) is 24.6. The third-order valence-corrected chi connectivity index (χ3v) is 8.61. The van der Waals surface area contributed by atoms with E-state index in [4.69, 9.17) is 4.84 Å². The molecule has 0 aliphatic heterocycles. The molecule has 0 spiro atoms. The maximum atomic E-state index is 11.7. The molecule has 7 rings (SSSR count). The van der Waals surface area contributed by atoms with Crippen LogP contribution in [0.1, 0.15) is 29.2 Å². The number of fused-ring (bicyclic) bond motifs is 1. The van der Waals surface area contributed by atoms with Crippen molar-refractivity contribution in [2.24, 2.45) is 5.16 Å². The molecule has 7 aromatic carbocycles. The van der Waals surface area contributed by atoms with Gasteiger partial charge in [-0.1, -0.05) is 145 Å². The Morgan fingerprint density at radius 1 is 0.540 bits per heavy atom. The molecular formula is C45H37N3O2. The smallest absolute Gasteiger partial charge is 0.332 e. The van der Waals surface area contributed by atoms with Crippen molar-refractivity contribution in [2.45, 2.75) is 20.0 Å². The van der Waals surface area contributed by atoms with Crippen molar-refractivity contribution in [3.63, 3.8) is 0 Å². The fourth-order valence-corrected chi connectivity index (χ4v) is 6.24. The molecule has 0 aromatic heterocycles. The van der Waals surface area contributed by atoms with E-state index in [1.54, 1.807) is 0 Å². The molecule has 0 heterocycles. The number of para-hydroxylation sites is 1. The number of oxime groups is 1. The Labute approximate surface area is 293 Å². The molecule has 0 atom stereocenters. The molecule has 5 heteroatoms. The molecule has 0 aliphatic carbocycles. The molecule has 0 saturated heterocycles. The van der Waals surface area contributed by atoms with Crippen LogP contribution in [0.2, 0.25) is 0 Å². The Kier molecular flexibility index (Phi) is 9.75. The van der Waals surface area contributed by atoms with Crippen molar-refractivity contribution in [3.8, 4) is 0 Å². The van der Waals surface area contributed by atoms with Gasteiger partial charge in [0.15, 0.2) is 0 Å². The summed E-state index contributed by atoms with van der Waals surface area (Å²) in [5.41, 5.74) is 9.10. The summed E-state index contributed by atoms with van der Waals surface area (Å²) in [6.07, 6.45) is 0. The highest BCUT2D eigenvalue weighted by atomic mass is 16.7. The van der Waals surface area contributed by atoms with Gasteiger partial charge >= 0.3 is 5.97 Å². The molecule has 0 radical (unpaired) electrons. The molecule has 0 aliphatic rings. The maximum Gasteiger partial charge on any atom is 0.332 e. The first kappa shape index (κ1) is 32.1. The number of rotatable bonds is 11. The molecule has 0 amide bonds. The third-order valence-electron chi connectivity index (χ3n) is 8.61. The average Bonchev–Trinajstić information content (AvgIpc) is 3.17. The number of hydrogen-bond acceptors (Lipinski definition) is 5. The summed E-state index contributed by atoms with van der Waals surface area (Å²) in [6, 6.07) is 62.9. The number of carbonyl (C=O) groups is 1. The summed E-state index contributed by atoms with van der Waals surface area (Å²) in [7, 11) is 0. The number of benzene rings is 7. The van der Waals surface area contributed by atoms with Crippen molar-refractivity contribution in [1.82, 2.24) is 0 Å². The van der Waals surface area contributed by atoms with Crippen molar-refractivity contribution >= 4 is 45.2 Å². The van der Waals surface area contributed by atoms with Gasteiger partial charge in [0.25, 0.3) is 0 Å². The Morgan fingerprint density at radius 3 is 1.66 bits per heavy atom. The van der Waals surface area contributed by atoms with Crippen LogP contribution in [-0.2, 0) is 22.7 Å². The van der Waals surface area contributed by atoms with Crippen molar-refractivity contribution < 1.29 is 9.63 Å². The molecule has 0 bridgehead atoms. The predicted octanol–water partition coefficient (Wildman–Crippen LogP) is 10.8. The van der Waals surface area contributed by atoms with Crippen LogP contribution in [0.5, 0.6) is 0 Å². The van der Waals surface area contributed by atoms with Crippen LogP contribution in [0.3, 0.4) is 0 Å². The lowest BCUT2D eigenvalue weighted by Gasteiger charge is -2.28. The van der Waals surface area contributed by atoms with Gasteiger partial charge in [-0.3, -0.25) is 0 Å². The van der Waals surface area contributed by atoms with E-state index >= 15 is 0 Å². The van der Waals surface area contributed by atoms with Gasteiger partial charge < -0.3 is 14.6 Å². The fourth-order valence-electron chi connectivity index (χ4n) is 6.24. The second-order valence-electron chi connectivity index (χ2n) is 12.1. The molecule has 244 valence electrons. The van der Waals surface area contributed by atoms with Gasteiger partial charge in [-0.25, -0.2) is 4.79 Å². The zero-order valence-electron chi connectivity index (χ0n) is 27.9. The summed E-state index contributed by atoms with van der Waals surface area (Å²) < 4.78 is 0. The molecule has 5 nitrogen and oxygen atoms in total. The highest BCUT2D eigenvalue weighted by Crippen LogP contribution is 2.40. The minimum absolute atomic E-state index is 0.465. The lowest BCUT2D eigenvalue weighted by molar-refractivity contribution is -0.140. The topological polar surface area (TPSA) is 45.1 Å². The largest absolute Gasteiger partial charge is 0.363 e. The van der Waals surface area contributed by atoms with Crippen LogP contribution in [-0.4, -0.2) is 11.7 Å². The van der Waals surface area contributed by atoms with Crippen LogP contribution < -0.4 is 9.80 Å². The lowest BCUT2D eigenvalue weighted by Crippen LogP contribution is -2.22. The summed E-state index contributed by atoms with van der Waals surface area (Å²) in [6.45, 7) is 2.95. The number of nitrogens with zero attached hydrogens (tertiary/aromatic N) is 3. The van der Waals surface area contributed by atoms with Gasteiger partial charge in [-0.05, 0) is 59.0 Å². The van der Waals surface area contributed by atoms with Gasteiger partial charge in [0, 0.05) is 53.6 Å². The summed E-state index contributed by atoms with van der Waals surface area (Å²) >= 11 is 0. The van der Waals surface area contributed by atoms with E-state index in [2.05, 4.69) is 148 Å². The third kappa shape index (κ3) is 7.48. The highest BCUT2D eigenvalue weighted by Gasteiger charge is 2.18. The van der Waals surface area contributed by atoms with Crippen molar-refractivity contribution in [2.75, 3.05) is 9.80 Å². The summed E-state index contributed by atoms with van der Waals surface area (Å²) in [5.74, 6) is -0.465. The Hall–Kier alpha value is -6.46. The van der Waals surface area contributed by atoms with Gasteiger partial charge in [0.2, 0.25) is 0 Å². The molecule has 50 heavy (non-hydrogen) atoms. The first-order valence-corrected chi connectivity index (χ1v) is 16.7. The minimum Gasteiger partial charge on any atom is -0.363 e. The van der Waals surface area contributed by atoms with Crippen molar-refractivity contribution in [1.29, 1.82) is 0 Å². The molecule has 0 saturated carbocycles. The van der Waals surface area contributed by atoms with Crippen LogP contribution >= 0.6 is 0 Å². The predicted molar refractivity (Wildman–Crippen MR) is 205 cm³/mol. The number of anilines is 4. The lowest BCUT2D eigenvalue weighted by atomic mass is 10.0. The molecule has 7 aromatic rings. The van der Waals surface area contributed by atoms with Gasteiger partial charge in [-0.2, -0.15) is 0 Å². The average molecular weight is 652 g/mol. The second-order valence-corrected chi connectivity index (χ2v) is 12.1.